The Hall–Kier alpha value is -1.61. The van der Waals surface area contributed by atoms with Crippen molar-refractivity contribution in [2.24, 2.45) is 0 Å². The molecule has 0 saturated heterocycles. The van der Waals surface area contributed by atoms with Crippen molar-refractivity contribution in [2.75, 3.05) is 0 Å². The zero-order valence-corrected chi connectivity index (χ0v) is 20.8. The number of halogens is 1. The fourth-order valence-electron chi connectivity index (χ4n) is 3.81. The SMILES string of the molecule is C=CC(=C)CCCCCCC(=C)Cc1ccc(CCCc2ccc(I)cc2C)cc1. The van der Waals surface area contributed by atoms with Crippen LogP contribution in [-0.4, -0.2) is 0 Å². The Kier molecular flexibility index (Phi) is 11.2. The van der Waals surface area contributed by atoms with Crippen LogP contribution < -0.4 is 0 Å². The molecule has 0 saturated carbocycles. The molecule has 0 aliphatic rings. The normalized spacial score (nSPS) is 10.7. The molecule has 30 heavy (non-hydrogen) atoms. The van der Waals surface area contributed by atoms with Gasteiger partial charge in [-0.3, -0.25) is 0 Å². The summed E-state index contributed by atoms with van der Waals surface area (Å²) in [5.74, 6) is 0. The van der Waals surface area contributed by atoms with Crippen LogP contribution in [-0.2, 0) is 19.3 Å². The summed E-state index contributed by atoms with van der Waals surface area (Å²) < 4.78 is 1.32. The van der Waals surface area contributed by atoms with E-state index in [2.05, 4.69) is 91.7 Å². The lowest BCUT2D eigenvalue weighted by molar-refractivity contribution is 0.637. The molecule has 0 aromatic heterocycles. The highest BCUT2D eigenvalue weighted by molar-refractivity contribution is 14.1. The molecule has 0 heterocycles. The molecule has 0 N–H and O–H groups in total. The van der Waals surface area contributed by atoms with Crippen molar-refractivity contribution in [3.63, 3.8) is 0 Å². The first kappa shape index (κ1) is 24.7. The van der Waals surface area contributed by atoms with Crippen LogP contribution in [0, 0.1) is 10.5 Å². The van der Waals surface area contributed by atoms with E-state index < -0.39 is 0 Å². The van der Waals surface area contributed by atoms with Gasteiger partial charge in [-0.05, 0) is 115 Å². The van der Waals surface area contributed by atoms with Gasteiger partial charge in [0.1, 0.15) is 0 Å². The fourth-order valence-corrected chi connectivity index (χ4v) is 4.45. The van der Waals surface area contributed by atoms with Crippen molar-refractivity contribution in [1.82, 2.24) is 0 Å². The topological polar surface area (TPSA) is 0 Å². The van der Waals surface area contributed by atoms with Crippen molar-refractivity contribution < 1.29 is 0 Å². The van der Waals surface area contributed by atoms with E-state index in [1.54, 1.807) is 0 Å². The molecule has 0 aliphatic carbocycles. The summed E-state index contributed by atoms with van der Waals surface area (Å²) in [4.78, 5) is 0. The van der Waals surface area contributed by atoms with Crippen molar-refractivity contribution in [2.45, 2.75) is 71.1 Å². The number of aryl methyl sites for hydroxylation is 3. The van der Waals surface area contributed by atoms with Crippen LogP contribution in [0.15, 0.2) is 79.4 Å². The van der Waals surface area contributed by atoms with Gasteiger partial charge in [0.15, 0.2) is 0 Å². The Morgan fingerprint density at radius 1 is 0.833 bits per heavy atom. The van der Waals surface area contributed by atoms with E-state index in [1.165, 1.54) is 63.5 Å². The monoisotopic (exact) mass is 512 g/mol. The van der Waals surface area contributed by atoms with E-state index in [4.69, 9.17) is 0 Å². The number of hydrogen-bond acceptors (Lipinski definition) is 0. The molecule has 0 amide bonds. The maximum absolute atomic E-state index is 4.30. The predicted molar refractivity (Wildman–Crippen MR) is 142 cm³/mol. The third-order valence-corrected chi connectivity index (χ3v) is 6.43. The number of benzene rings is 2. The smallest absolute Gasteiger partial charge is 0.0133 e. The second-order valence-electron chi connectivity index (χ2n) is 8.44. The van der Waals surface area contributed by atoms with E-state index in [0.29, 0.717) is 0 Å². The molecular formula is C29H37I. The standard InChI is InChI=1S/C29H37I/c1-5-23(2)11-8-6-7-9-12-24(3)21-27-17-15-26(16-18-27)13-10-14-28-19-20-29(30)22-25(28)4/h5,15-20,22H,1-3,6-14,21H2,4H3. The maximum atomic E-state index is 4.30. The first-order valence-corrected chi connectivity index (χ1v) is 12.4. The van der Waals surface area contributed by atoms with Crippen LogP contribution in [0.5, 0.6) is 0 Å². The molecule has 0 unspecified atom stereocenters. The Balaban J connectivity index is 1.64. The van der Waals surface area contributed by atoms with Crippen LogP contribution >= 0.6 is 22.6 Å². The summed E-state index contributed by atoms with van der Waals surface area (Å²) in [7, 11) is 0. The quantitative estimate of drug-likeness (QED) is 0.103. The van der Waals surface area contributed by atoms with E-state index in [-0.39, 0.29) is 0 Å². The number of hydrogen-bond donors (Lipinski definition) is 0. The molecule has 0 bridgehead atoms. The number of allylic oxidation sites excluding steroid dienone is 3. The van der Waals surface area contributed by atoms with Gasteiger partial charge in [-0.15, -0.1) is 0 Å². The van der Waals surface area contributed by atoms with E-state index in [0.717, 1.165) is 37.7 Å². The van der Waals surface area contributed by atoms with E-state index in [1.807, 2.05) is 6.08 Å². The average Bonchev–Trinajstić information content (AvgIpc) is 2.73. The average molecular weight is 513 g/mol. The third-order valence-electron chi connectivity index (χ3n) is 5.76. The van der Waals surface area contributed by atoms with Gasteiger partial charge in [0.2, 0.25) is 0 Å². The highest BCUT2D eigenvalue weighted by atomic mass is 127. The molecule has 0 fully saturated rings. The van der Waals surface area contributed by atoms with Gasteiger partial charge in [-0.25, -0.2) is 0 Å². The second-order valence-corrected chi connectivity index (χ2v) is 9.69. The van der Waals surface area contributed by atoms with Crippen molar-refractivity contribution >= 4 is 22.6 Å². The van der Waals surface area contributed by atoms with Gasteiger partial charge in [-0.2, -0.15) is 0 Å². The minimum absolute atomic E-state index is 1.01. The molecule has 2 aromatic rings. The van der Waals surface area contributed by atoms with Crippen molar-refractivity contribution in [1.29, 1.82) is 0 Å². The molecule has 2 rings (SSSR count). The van der Waals surface area contributed by atoms with Crippen molar-refractivity contribution in [3.05, 3.63) is 105 Å². The Morgan fingerprint density at radius 3 is 2.17 bits per heavy atom. The molecule has 0 spiro atoms. The zero-order valence-electron chi connectivity index (χ0n) is 18.7. The Bertz CT molecular complexity index is 826. The molecular weight excluding hydrogens is 475 g/mol. The summed E-state index contributed by atoms with van der Waals surface area (Å²) in [6, 6.07) is 16.0. The van der Waals surface area contributed by atoms with Gasteiger partial charge in [0.05, 0.1) is 0 Å². The van der Waals surface area contributed by atoms with Gasteiger partial charge >= 0.3 is 0 Å². The first-order valence-electron chi connectivity index (χ1n) is 11.3. The second kappa shape index (κ2) is 13.6. The number of unbranched alkanes of at least 4 members (excludes halogenated alkanes) is 3. The molecule has 0 radical (unpaired) electrons. The lowest BCUT2D eigenvalue weighted by Gasteiger charge is -2.09. The lowest BCUT2D eigenvalue weighted by Crippen LogP contribution is -1.95. The highest BCUT2D eigenvalue weighted by Gasteiger charge is 2.02. The van der Waals surface area contributed by atoms with Crippen LogP contribution in [0.25, 0.3) is 0 Å². The molecule has 0 aliphatic heterocycles. The fraction of sp³-hybridized carbons (Fsp3) is 0.379. The molecule has 0 atom stereocenters. The van der Waals surface area contributed by atoms with E-state index >= 15 is 0 Å². The van der Waals surface area contributed by atoms with Gasteiger partial charge in [0, 0.05) is 3.57 Å². The van der Waals surface area contributed by atoms with Crippen molar-refractivity contribution in [3.8, 4) is 0 Å². The Labute approximate surface area is 198 Å². The maximum Gasteiger partial charge on any atom is 0.0133 e. The van der Waals surface area contributed by atoms with Crippen LogP contribution in [0.1, 0.15) is 67.2 Å². The van der Waals surface area contributed by atoms with Crippen LogP contribution in [0.4, 0.5) is 0 Å². The largest absolute Gasteiger partial charge is 0.0995 e. The predicted octanol–water partition coefficient (Wildman–Crippen LogP) is 8.96. The minimum atomic E-state index is 1.01. The molecule has 2 aromatic carbocycles. The Morgan fingerprint density at radius 2 is 1.50 bits per heavy atom. The summed E-state index contributed by atoms with van der Waals surface area (Å²) in [5, 5.41) is 0. The minimum Gasteiger partial charge on any atom is -0.0995 e. The number of rotatable bonds is 14. The summed E-state index contributed by atoms with van der Waals surface area (Å²) in [6.45, 7) is 14.3. The summed E-state index contributed by atoms with van der Waals surface area (Å²) >= 11 is 2.38. The summed E-state index contributed by atoms with van der Waals surface area (Å²) in [5.41, 5.74) is 8.24. The van der Waals surface area contributed by atoms with E-state index in [9.17, 15) is 0 Å². The highest BCUT2D eigenvalue weighted by Crippen LogP contribution is 2.18. The summed E-state index contributed by atoms with van der Waals surface area (Å²) in [6.07, 6.45) is 13.6. The molecule has 1 heteroatoms. The van der Waals surface area contributed by atoms with Crippen LogP contribution in [0.3, 0.4) is 0 Å². The van der Waals surface area contributed by atoms with Gasteiger partial charge < -0.3 is 0 Å². The third kappa shape index (κ3) is 9.47. The molecule has 0 nitrogen and oxygen atoms in total. The van der Waals surface area contributed by atoms with Gasteiger partial charge in [0.25, 0.3) is 0 Å². The van der Waals surface area contributed by atoms with Crippen LogP contribution in [0.2, 0.25) is 0 Å². The lowest BCUT2D eigenvalue weighted by atomic mass is 9.97. The van der Waals surface area contributed by atoms with Gasteiger partial charge in [-0.1, -0.05) is 80.1 Å². The zero-order chi connectivity index (χ0) is 21.8. The first-order chi connectivity index (χ1) is 14.5. The molecule has 160 valence electrons.